The predicted molar refractivity (Wildman–Crippen MR) is 112 cm³/mol. The summed E-state index contributed by atoms with van der Waals surface area (Å²) in [5.41, 5.74) is 16.3. The highest BCUT2D eigenvalue weighted by Crippen LogP contribution is 2.07. The highest BCUT2D eigenvalue weighted by atomic mass is 32.2. The molecule has 9 N–H and O–H groups in total. The van der Waals surface area contributed by atoms with E-state index in [4.69, 9.17) is 17.2 Å². The number of nitrogens with one attached hydrogen (secondary N) is 2. The van der Waals surface area contributed by atoms with Crippen molar-refractivity contribution in [3.05, 3.63) is 0 Å². The second kappa shape index (κ2) is 14.1. The Kier molecular flexibility index (Phi) is 13.0. The lowest BCUT2D eigenvalue weighted by atomic mass is 10.0. The van der Waals surface area contributed by atoms with E-state index in [1.54, 1.807) is 0 Å². The van der Waals surface area contributed by atoms with Crippen molar-refractivity contribution in [3.63, 3.8) is 0 Å². The number of guanidine groups is 1. The molecule has 0 bridgehead atoms. The van der Waals surface area contributed by atoms with Gasteiger partial charge in [-0.2, -0.15) is 11.8 Å². The number of thioether (sulfide) groups is 1. The van der Waals surface area contributed by atoms with Gasteiger partial charge in [-0.25, -0.2) is 4.79 Å². The van der Waals surface area contributed by atoms with E-state index in [1.165, 1.54) is 11.8 Å². The molecule has 10 nitrogen and oxygen atoms in total. The summed E-state index contributed by atoms with van der Waals surface area (Å²) < 4.78 is 0. The van der Waals surface area contributed by atoms with E-state index in [0.717, 1.165) is 0 Å². The van der Waals surface area contributed by atoms with Gasteiger partial charge in [-0.3, -0.25) is 14.6 Å². The smallest absolute Gasteiger partial charge is 0.326 e. The van der Waals surface area contributed by atoms with Crippen LogP contribution in [0.5, 0.6) is 0 Å². The molecule has 0 unspecified atom stereocenters. The second-order valence-corrected chi connectivity index (χ2v) is 7.91. The number of aliphatic imine (C=N–C) groups is 1. The molecule has 0 heterocycles. The van der Waals surface area contributed by atoms with Crippen LogP contribution < -0.4 is 27.8 Å². The number of carbonyl (C=O) groups is 3. The summed E-state index contributed by atoms with van der Waals surface area (Å²) in [7, 11) is 0. The summed E-state index contributed by atoms with van der Waals surface area (Å²) in [5.74, 6) is -1.35. The van der Waals surface area contributed by atoms with Crippen LogP contribution in [0.15, 0.2) is 4.99 Å². The fraction of sp³-hybridized carbons (Fsp3) is 0.765. The normalized spacial score (nSPS) is 14.0. The third-order valence-electron chi connectivity index (χ3n) is 3.87. The van der Waals surface area contributed by atoms with Crippen molar-refractivity contribution in [2.75, 3.05) is 18.6 Å². The summed E-state index contributed by atoms with van der Waals surface area (Å²) in [6.07, 6.45) is 3.29. The van der Waals surface area contributed by atoms with E-state index in [2.05, 4.69) is 15.6 Å². The SMILES string of the molecule is CSCC[C@H](NC(=O)[C@@H](N)CC(C)C)C(=O)N[C@@H](CCCN=C(N)N)C(=O)O. The Bertz CT molecular complexity index is 540. The third kappa shape index (κ3) is 11.7. The number of carboxylic acids is 1. The predicted octanol–water partition coefficient (Wildman–Crippen LogP) is -0.779. The number of hydrogen-bond donors (Lipinski definition) is 6. The van der Waals surface area contributed by atoms with Crippen LogP contribution in [0.3, 0.4) is 0 Å². The van der Waals surface area contributed by atoms with Gasteiger partial charge in [-0.05, 0) is 43.6 Å². The zero-order valence-corrected chi connectivity index (χ0v) is 17.6. The highest BCUT2D eigenvalue weighted by Gasteiger charge is 2.27. The Labute approximate surface area is 170 Å². The number of rotatable bonds is 14. The van der Waals surface area contributed by atoms with Gasteiger partial charge in [0.05, 0.1) is 6.04 Å². The number of carbonyl (C=O) groups excluding carboxylic acids is 2. The van der Waals surface area contributed by atoms with E-state index >= 15 is 0 Å². The first kappa shape index (κ1) is 26.0. The number of carboxylic acid groups (broad SMARTS) is 1. The van der Waals surface area contributed by atoms with E-state index in [9.17, 15) is 19.5 Å². The van der Waals surface area contributed by atoms with E-state index in [1.807, 2.05) is 20.1 Å². The standard InChI is InChI=1S/C17H34N6O4S/c1-10(2)9-11(18)14(24)22-12(6-8-28-3)15(25)23-13(16(26)27)5-4-7-21-17(19)20/h10-13H,4-9,18H2,1-3H3,(H,22,24)(H,23,25)(H,26,27)(H4,19,20,21)/t11-,12-,13-/m0/s1. The maximum absolute atomic E-state index is 12.6. The van der Waals surface area contributed by atoms with Crippen molar-refractivity contribution < 1.29 is 19.5 Å². The molecular weight excluding hydrogens is 384 g/mol. The quantitative estimate of drug-likeness (QED) is 0.120. The maximum atomic E-state index is 12.6. The number of nitrogens with zero attached hydrogens (tertiary/aromatic N) is 1. The molecule has 0 aromatic rings. The Morgan fingerprint density at radius 2 is 1.68 bits per heavy atom. The number of amides is 2. The summed E-state index contributed by atoms with van der Waals surface area (Å²) >= 11 is 1.52. The van der Waals surface area contributed by atoms with Crippen molar-refractivity contribution in [2.24, 2.45) is 28.1 Å². The molecule has 0 radical (unpaired) electrons. The van der Waals surface area contributed by atoms with Gasteiger partial charge in [-0.15, -0.1) is 0 Å². The van der Waals surface area contributed by atoms with Crippen molar-refractivity contribution >= 4 is 35.5 Å². The first-order valence-corrected chi connectivity index (χ1v) is 10.6. The van der Waals surface area contributed by atoms with Crippen LogP contribution in [-0.4, -0.2) is 65.5 Å². The molecule has 0 aliphatic rings. The van der Waals surface area contributed by atoms with Crippen LogP contribution in [0.25, 0.3) is 0 Å². The van der Waals surface area contributed by atoms with E-state index in [0.29, 0.717) is 25.0 Å². The molecule has 0 aliphatic heterocycles. The molecule has 0 saturated heterocycles. The van der Waals surface area contributed by atoms with Crippen LogP contribution in [0.1, 0.15) is 39.5 Å². The molecule has 0 rings (SSSR count). The van der Waals surface area contributed by atoms with Gasteiger partial charge in [0.1, 0.15) is 12.1 Å². The molecule has 0 aromatic heterocycles. The Morgan fingerprint density at radius 1 is 1.07 bits per heavy atom. The first-order valence-electron chi connectivity index (χ1n) is 9.21. The van der Waals surface area contributed by atoms with Crippen molar-refractivity contribution in [2.45, 2.75) is 57.7 Å². The van der Waals surface area contributed by atoms with Gasteiger partial charge in [0.25, 0.3) is 0 Å². The fourth-order valence-electron chi connectivity index (χ4n) is 2.43. The lowest BCUT2D eigenvalue weighted by Crippen LogP contribution is -2.54. The zero-order valence-electron chi connectivity index (χ0n) is 16.8. The number of nitrogens with two attached hydrogens (primary N) is 3. The largest absolute Gasteiger partial charge is 0.480 e. The van der Waals surface area contributed by atoms with Crippen molar-refractivity contribution in [1.29, 1.82) is 0 Å². The first-order chi connectivity index (χ1) is 13.1. The average molecular weight is 419 g/mol. The lowest BCUT2D eigenvalue weighted by Gasteiger charge is -2.23. The number of aliphatic carboxylic acids is 1. The highest BCUT2D eigenvalue weighted by molar-refractivity contribution is 7.98. The summed E-state index contributed by atoms with van der Waals surface area (Å²) in [6, 6.07) is -2.67. The zero-order chi connectivity index (χ0) is 21.7. The fourth-order valence-corrected chi connectivity index (χ4v) is 2.90. The van der Waals surface area contributed by atoms with Crippen LogP contribution >= 0.6 is 11.8 Å². The van der Waals surface area contributed by atoms with Crippen molar-refractivity contribution in [1.82, 2.24) is 10.6 Å². The van der Waals surface area contributed by atoms with Crippen LogP contribution in [0.4, 0.5) is 0 Å². The van der Waals surface area contributed by atoms with Gasteiger partial charge in [-0.1, -0.05) is 13.8 Å². The van der Waals surface area contributed by atoms with Gasteiger partial charge >= 0.3 is 5.97 Å². The van der Waals surface area contributed by atoms with E-state index in [-0.39, 0.29) is 24.8 Å². The molecule has 11 heteroatoms. The molecule has 0 aliphatic carbocycles. The molecule has 0 fully saturated rings. The van der Waals surface area contributed by atoms with Gasteiger partial charge in [0, 0.05) is 6.54 Å². The van der Waals surface area contributed by atoms with E-state index < -0.39 is 35.9 Å². The lowest BCUT2D eigenvalue weighted by molar-refractivity contribution is -0.142. The minimum absolute atomic E-state index is 0.0755. The molecule has 28 heavy (non-hydrogen) atoms. The molecule has 2 amide bonds. The second-order valence-electron chi connectivity index (χ2n) is 6.93. The summed E-state index contributed by atoms with van der Waals surface area (Å²) in [6.45, 7) is 4.16. The summed E-state index contributed by atoms with van der Waals surface area (Å²) in [5, 5.41) is 14.5. The molecule has 0 aromatic carbocycles. The Morgan fingerprint density at radius 3 is 2.18 bits per heavy atom. The van der Waals surface area contributed by atoms with Gasteiger partial charge < -0.3 is 32.9 Å². The van der Waals surface area contributed by atoms with Crippen LogP contribution in [0, 0.1) is 5.92 Å². The molecule has 162 valence electrons. The topological polar surface area (TPSA) is 186 Å². The number of hydrogen-bond acceptors (Lipinski definition) is 6. The Hall–Kier alpha value is -2.01. The monoisotopic (exact) mass is 418 g/mol. The van der Waals surface area contributed by atoms with Gasteiger partial charge in [0.15, 0.2) is 5.96 Å². The molecule has 0 spiro atoms. The minimum Gasteiger partial charge on any atom is -0.480 e. The van der Waals surface area contributed by atoms with Crippen LogP contribution in [0.2, 0.25) is 0 Å². The average Bonchev–Trinajstić information content (AvgIpc) is 2.59. The molecule has 0 saturated carbocycles. The Balaban J connectivity index is 4.92. The molecule has 3 atom stereocenters. The van der Waals surface area contributed by atoms with Gasteiger partial charge in [0.2, 0.25) is 11.8 Å². The third-order valence-corrected chi connectivity index (χ3v) is 4.51. The van der Waals surface area contributed by atoms with Crippen LogP contribution in [-0.2, 0) is 14.4 Å². The summed E-state index contributed by atoms with van der Waals surface area (Å²) in [4.78, 5) is 40.1. The minimum atomic E-state index is -1.16. The van der Waals surface area contributed by atoms with Crippen molar-refractivity contribution in [3.8, 4) is 0 Å². The molecular formula is C17H34N6O4S. The maximum Gasteiger partial charge on any atom is 0.326 e.